The normalized spacial score (nSPS) is 11.6. The van der Waals surface area contributed by atoms with E-state index in [1.165, 1.54) is 4.90 Å². The van der Waals surface area contributed by atoms with Crippen molar-refractivity contribution in [3.63, 3.8) is 0 Å². The molecule has 1 atom stereocenters. The van der Waals surface area contributed by atoms with E-state index in [0.717, 1.165) is 15.6 Å². The molecule has 5 nitrogen and oxygen atoms in total. The van der Waals surface area contributed by atoms with Gasteiger partial charge >= 0.3 is 0 Å². The van der Waals surface area contributed by atoms with E-state index in [9.17, 15) is 9.59 Å². The highest BCUT2D eigenvalue weighted by molar-refractivity contribution is 9.10. The lowest BCUT2D eigenvalue weighted by Crippen LogP contribution is -2.49. The zero-order valence-corrected chi connectivity index (χ0v) is 18.5. The Morgan fingerprint density at radius 1 is 1.25 bits per heavy atom. The number of hydrogen-bond acceptors (Lipinski definition) is 3. The number of nitrogens with zero attached hydrogens (tertiary/aromatic N) is 1. The molecule has 0 saturated heterocycles. The predicted molar refractivity (Wildman–Crippen MR) is 115 cm³/mol. The Bertz CT molecular complexity index is 844. The summed E-state index contributed by atoms with van der Waals surface area (Å²) in [6, 6.07) is 12.1. The van der Waals surface area contributed by atoms with Crippen LogP contribution in [0.3, 0.4) is 0 Å². The molecule has 2 aromatic carbocycles. The van der Waals surface area contributed by atoms with Gasteiger partial charge < -0.3 is 15.0 Å². The molecular formula is C21H24BrClN2O3. The lowest BCUT2D eigenvalue weighted by atomic mass is 10.1. The highest BCUT2D eigenvalue weighted by atomic mass is 79.9. The number of amides is 2. The fraction of sp³-hybridized carbons (Fsp3) is 0.333. The van der Waals surface area contributed by atoms with E-state index in [4.69, 9.17) is 16.3 Å². The van der Waals surface area contributed by atoms with E-state index in [2.05, 4.69) is 21.2 Å². The van der Waals surface area contributed by atoms with Crippen LogP contribution >= 0.6 is 27.5 Å². The molecule has 28 heavy (non-hydrogen) atoms. The van der Waals surface area contributed by atoms with Gasteiger partial charge in [0, 0.05) is 22.6 Å². The maximum absolute atomic E-state index is 12.9. The fourth-order valence-electron chi connectivity index (χ4n) is 2.65. The van der Waals surface area contributed by atoms with Gasteiger partial charge in [-0.25, -0.2) is 0 Å². The Hall–Kier alpha value is -2.05. The largest absolute Gasteiger partial charge is 0.484 e. The summed E-state index contributed by atoms with van der Waals surface area (Å²) < 4.78 is 6.63. The van der Waals surface area contributed by atoms with Gasteiger partial charge in [-0.05, 0) is 56.2 Å². The molecule has 0 aliphatic carbocycles. The van der Waals surface area contributed by atoms with Gasteiger partial charge in [-0.1, -0.05) is 45.7 Å². The molecule has 0 unspecified atom stereocenters. The van der Waals surface area contributed by atoms with Crippen LogP contribution in [0, 0.1) is 6.92 Å². The third-order valence-corrected chi connectivity index (χ3v) is 5.57. The topological polar surface area (TPSA) is 58.6 Å². The average molecular weight is 468 g/mol. The number of ether oxygens (including phenoxy) is 1. The van der Waals surface area contributed by atoms with E-state index < -0.39 is 6.04 Å². The summed E-state index contributed by atoms with van der Waals surface area (Å²) in [7, 11) is 0. The Kier molecular flexibility index (Phi) is 8.33. The van der Waals surface area contributed by atoms with Crippen LogP contribution in [0.15, 0.2) is 46.9 Å². The minimum atomic E-state index is -0.654. The second-order valence-corrected chi connectivity index (χ2v) is 7.64. The molecular weight excluding hydrogens is 444 g/mol. The van der Waals surface area contributed by atoms with E-state index in [1.807, 2.05) is 44.2 Å². The Morgan fingerprint density at radius 2 is 1.96 bits per heavy atom. The van der Waals surface area contributed by atoms with Crippen LogP contribution in [0.1, 0.15) is 25.0 Å². The standard InChI is InChI=1S/C21H24BrClN2O3/c1-4-24-21(27)15(3)25(12-16-7-5-6-8-19(16)23)20(26)13-28-17-9-10-18(22)14(2)11-17/h5-11,15H,4,12-13H2,1-3H3,(H,24,27)/t15-/m0/s1. The zero-order chi connectivity index (χ0) is 20.7. The van der Waals surface area contributed by atoms with E-state index >= 15 is 0 Å². The zero-order valence-electron chi connectivity index (χ0n) is 16.2. The SMILES string of the molecule is CCNC(=O)[C@H](C)N(Cc1ccccc1Cl)C(=O)COc1ccc(Br)c(C)c1. The van der Waals surface area contributed by atoms with Gasteiger partial charge in [0.15, 0.2) is 6.61 Å². The molecule has 2 rings (SSSR count). The second kappa shape index (κ2) is 10.5. The first-order valence-corrected chi connectivity index (χ1v) is 10.2. The molecule has 0 aliphatic rings. The maximum Gasteiger partial charge on any atom is 0.261 e. The van der Waals surface area contributed by atoms with Crippen LogP contribution in [0.2, 0.25) is 5.02 Å². The Morgan fingerprint density at radius 3 is 2.61 bits per heavy atom. The lowest BCUT2D eigenvalue weighted by Gasteiger charge is -2.29. The number of carbonyl (C=O) groups is 2. The molecule has 0 aliphatic heterocycles. The average Bonchev–Trinajstić information content (AvgIpc) is 2.67. The van der Waals surface area contributed by atoms with Crippen molar-refractivity contribution in [1.82, 2.24) is 10.2 Å². The lowest BCUT2D eigenvalue weighted by molar-refractivity contribution is -0.142. The molecule has 2 aromatic rings. The molecule has 1 N–H and O–H groups in total. The summed E-state index contributed by atoms with van der Waals surface area (Å²) >= 11 is 9.69. The number of likely N-dealkylation sites (N-methyl/N-ethyl adjacent to an activating group) is 1. The number of rotatable bonds is 8. The predicted octanol–water partition coefficient (Wildman–Crippen LogP) is 4.34. The molecule has 0 spiro atoms. The highest BCUT2D eigenvalue weighted by Crippen LogP contribution is 2.22. The summed E-state index contributed by atoms with van der Waals surface area (Å²) in [6.07, 6.45) is 0. The van der Waals surface area contributed by atoms with Crippen LogP contribution in [-0.2, 0) is 16.1 Å². The third kappa shape index (κ3) is 5.97. The summed E-state index contributed by atoms with van der Waals surface area (Å²) in [5.74, 6) is 0.0824. The molecule has 7 heteroatoms. The van der Waals surface area contributed by atoms with Crippen LogP contribution in [-0.4, -0.2) is 35.9 Å². The number of hydrogen-bond donors (Lipinski definition) is 1. The minimum Gasteiger partial charge on any atom is -0.484 e. The highest BCUT2D eigenvalue weighted by Gasteiger charge is 2.26. The van der Waals surface area contributed by atoms with Crippen molar-refractivity contribution in [2.45, 2.75) is 33.4 Å². The first-order chi connectivity index (χ1) is 13.3. The van der Waals surface area contributed by atoms with Crippen LogP contribution in [0.25, 0.3) is 0 Å². The van der Waals surface area contributed by atoms with E-state index in [-0.39, 0.29) is 25.0 Å². The van der Waals surface area contributed by atoms with Crippen molar-refractivity contribution in [2.75, 3.05) is 13.2 Å². The summed E-state index contributed by atoms with van der Waals surface area (Å²) in [5, 5.41) is 3.31. The Labute approximate surface area is 179 Å². The first-order valence-electron chi connectivity index (χ1n) is 9.03. The van der Waals surface area contributed by atoms with Gasteiger partial charge in [0.25, 0.3) is 5.91 Å². The maximum atomic E-state index is 12.9. The van der Waals surface area contributed by atoms with Gasteiger partial charge in [-0.3, -0.25) is 9.59 Å². The van der Waals surface area contributed by atoms with Crippen molar-refractivity contribution >= 4 is 39.3 Å². The molecule has 150 valence electrons. The molecule has 0 saturated carbocycles. The number of aryl methyl sites for hydroxylation is 1. The van der Waals surface area contributed by atoms with Crippen molar-refractivity contribution in [2.24, 2.45) is 0 Å². The van der Waals surface area contributed by atoms with Crippen molar-refractivity contribution in [3.05, 3.63) is 63.1 Å². The van der Waals surface area contributed by atoms with E-state index in [0.29, 0.717) is 17.3 Å². The summed E-state index contributed by atoms with van der Waals surface area (Å²) in [6.45, 7) is 6.02. The monoisotopic (exact) mass is 466 g/mol. The van der Waals surface area contributed by atoms with Gasteiger partial charge in [-0.15, -0.1) is 0 Å². The molecule has 0 aromatic heterocycles. The number of halogens is 2. The molecule has 0 bridgehead atoms. The van der Waals surface area contributed by atoms with E-state index in [1.54, 1.807) is 19.1 Å². The molecule has 0 fully saturated rings. The molecule has 0 heterocycles. The van der Waals surface area contributed by atoms with Crippen molar-refractivity contribution in [3.8, 4) is 5.75 Å². The first kappa shape index (κ1) is 22.2. The fourth-order valence-corrected chi connectivity index (χ4v) is 3.09. The number of benzene rings is 2. The van der Waals surface area contributed by atoms with Crippen molar-refractivity contribution in [1.29, 1.82) is 0 Å². The summed E-state index contributed by atoms with van der Waals surface area (Å²) in [4.78, 5) is 26.7. The smallest absolute Gasteiger partial charge is 0.261 e. The molecule has 2 amide bonds. The van der Waals surface area contributed by atoms with Crippen molar-refractivity contribution < 1.29 is 14.3 Å². The van der Waals surface area contributed by atoms with Crippen LogP contribution < -0.4 is 10.1 Å². The third-order valence-electron chi connectivity index (χ3n) is 4.31. The summed E-state index contributed by atoms with van der Waals surface area (Å²) in [5.41, 5.74) is 1.78. The van der Waals surface area contributed by atoms with Gasteiger partial charge in [0.2, 0.25) is 5.91 Å². The van der Waals surface area contributed by atoms with Crippen LogP contribution in [0.5, 0.6) is 5.75 Å². The van der Waals surface area contributed by atoms with Gasteiger partial charge in [0.05, 0.1) is 0 Å². The molecule has 0 radical (unpaired) electrons. The number of carbonyl (C=O) groups excluding carboxylic acids is 2. The number of nitrogens with one attached hydrogen (secondary N) is 1. The van der Waals surface area contributed by atoms with Crippen LogP contribution in [0.4, 0.5) is 0 Å². The minimum absolute atomic E-state index is 0.171. The quantitative estimate of drug-likeness (QED) is 0.628. The second-order valence-electron chi connectivity index (χ2n) is 6.38. The Balaban J connectivity index is 2.16. The van der Waals surface area contributed by atoms with Gasteiger partial charge in [0.1, 0.15) is 11.8 Å². The van der Waals surface area contributed by atoms with Gasteiger partial charge in [-0.2, -0.15) is 0 Å².